The third-order valence-corrected chi connectivity index (χ3v) is 5.76. The number of ketones is 1. The first-order valence-electron chi connectivity index (χ1n) is 9.04. The molecule has 0 bridgehead atoms. The number of anilines is 1. The lowest BCUT2D eigenvalue weighted by molar-refractivity contribution is -0.119. The van der Waals surface area contributed by atoms with Crippen LogP contribution in [0.15, 0.2) is 58.2 Å². The van der Waals surface area contributed by atoms with Crippen LogP contribution in [0.1, 0.15) is 42.7 Å². The summed E-state index contributed by atoms with van der Waals surface area (Å²) in [5.41, 5.74) is 2.68. The molecule has 1 heterocycles. The summed E-state index contributed by atoms with van der Waals surface area (Å²) in [6.45, 7) is 0. The van der Waals surface area contributed by atoms with E-state index in [4.69, 9.17) is 5.26 Å². The molecule has 1 unspecified atom stereocenters. The maximum Gasteiger partial charge on any atom is 0.232 e. The molecule has 6 heteroatoms. The van der Waals surface area contributed by atoms with E-state index in [0.717, 1.165) is 0 Å². The molecule has 1 amide bonds. The number of nitrogens with zero attached hydrogens (tertiary/aromatic N) is 2. The van der Waals surface area contributed by atoms with Crippen molar-refractivity contribution in [2.75, 3.05) is 4.90 Å². The van der Waals surface area contributed by atoms with Crippen molar-refractivity contribution in [3.63, 3.8) is 0 Å². The molecule has 0 saturated heterocycles. The summed E-state index contributed by atoms with van der Waals surface area (Å²) in [6.07, 6.45) is 1.67. The third kappa shape index (κ3) is 3.16. The van der Waals surface area contributed by atoms with Crippen LogP contribution in [0.25, 0.3) is 0 Å². The van der Waals surface area contributed by atoms with Gasteiger partial charge in [-0.1, -0.05) is 15.9 Å². The van der Waals surface area contributed by atoms with Gasteiger partial charge in [0.15, 0.2) is 5.78 Å². The second-order valence-corrected chi connectivity index (χ2v) is 7.86. The Kier molecular flexibility index (Phi) is 4.86. The van der Waals surface area contributed by atoms with Crippen LogP contribution in [-0.4, -0.2) is 11.7 Å². The standard InChI is InChI=1S/C22H16BrFN2O2/c23-14-6-9-18(24)16(10-14)17-11-21(28)26(15-7-4-13(12-25)5-8-15)19-2-1-3-20(27)22(17)19/h4-10,17H,1-3,11H2. The zero-order valence-electron chi connectivity index (χ0n) is 14.9. The fourth-order valence-corrected chi connectivity index (χ4v) is 4.40. The summed E-state index contributed by atoms with van der Waals surface area (Å²) in [4.78, 5) is 27.5. The molecule has 2 aromatic rings. The third-order valence-electron chi connectivity index (χ3n) is 5.26. The van der Waals surface area contributed by atoms with Gasteiger partial charge in [-0.2, -0.15) is 5.26 Å². The Morgan fingerprint density at radius 3 is 2.57 bits per heavy atom. The molecule has 4 nitrogen and oxygen atoms in total. The van der Waals surface area contributed by atoms with Gasteiger partial charge in [-0.05, 0) is 60.9 Å². The lowest BCUT2D eigenvalue weighted by Gasteiger charge is -2.38. The molecule has 4 rings (SSSR count). The summed E-state index contributed by atoms with van der Waals surface area (Å²) in [5.74, 6) is -1.21. The molecule has 1 aliphatic carbocycles. The summed E-state index contributed by atoms with van der Waals surface area (Å²) in [7, 11) is 0. The fourth-order valence-electron chi connectivity index (χ4n) is 4.02. The molecule has 140 valence electrons. The predicted molar refractivity (Wildman–Crippen MR) is 106 cm³/mol. The van der Waals surface area contributed by atoms with E-state index >= 15 is 0 Å². The summed E-state index contributed by atoms with van der Waals surface area (Å²) in [6, 6.07) is 13.4. The van der Waals surface area contributed by atoms with Gasteiger partial charge in [-0.15, -0.1) is 0 Å². The van der Waals surface area contributed by atoms with Crippen molar-refractivity contribution in [2.24, 2.45) is 0 Å². The molecule has 0 spiro atoms. The second-order valence-electron chi connectivity index (χ2n) is 6.95. The molecule has 2 aliphatic rings. The Morgan fingerprint density at radius 1 is 1.11 bits per heavy atom. The predicted octanol–water partition coefficient (Wildman–Crippen LogP) is 4.99. The quantitative estimate of drug-likeness (QED) is 0.663. The number of hydrogen-bond donors (Lipinski definition) is 0. The zero-order valence-corrected chi connectivity index (χ0v) is 16.5. The number of allylic oxidation sites excluding steroid dienone is 2. The summed E-state index contributed by atoms with van der Waals surface area (Å²) in [5, 5.41) is 9.00. The van der Waals surface area contributed by atoms with Gasteiger partial charge in [-0.25, -0.2) is 4.39 Å². The van der Waals surface area contributed by atoms with Crippen LogP contribution < -0.4 is 4.90 Å². The Morgan fingerprint density at radius 2 is 1.86 bits per heavy atom. The summed E-state index contributed by atoms with van der Waals surface area (Å²) >= 11 is 3.35. The van der Waals surface area contributed by atoms with E-state index in [1.165, 1.54) is 6.07 Å². The SMILES string of the molecule is N#Cc1ccc(N2C(=O)CC(c3cc(Br)ccc3F)C3=C2CCCC3=O)cc1. The highest BCUT2D eigenvalue weighted by Crippen LogP contribution is 2.44. The number of Topliss-reactive ketones (excluding diaryl/α,β-unsaturated/α-hetero) is 1. The fraction of sp³-hybridized carbons (Fsp3) is 0.227. The molecule has 0 saturated carbocycles. The van der Waals surface area contributed by atoms with E-state index in [1.807, 2.05) is 0 Å². The van der Waals surface area contributed by atoms with Crippen LogP contribution in [0.5, 0.6) is 0 Å². The molecule has 0 fully saturated rings. The normalized spacial score (nSPS) is 19.5. The van der Waals surface area contributed by atoms with Crippen LogP contribution in [0.4, 0.5) is 10.1 Å². The minimum Gasteiger partial charge on any atom is -0.294 e. The number of amides is 1. The van der Waals surface area contributed by atoms with E-state index in [9.17, 15) is 14.0 Å². The van der Waals surface area contributed by atoms with Crippen molar-refractivity contribution in [1.29, 1.82) is 5.26 Å². The van der Waals surface area contributed by atoms with E-state index in [2.05, 4.69) is 22.0 Å². The van der Waals surface area contributed by atoms with Gasteiger partial charge in [0, 0.05) is 40.2 Å². The number of rotatable bonds is 2. The second kappa shape index (κ2) is 7.33. The highest BCUT2D eigenvalue weighted by molar-refractivity contribution is 9.10. The van der Waals surface area contributed by atoms with Crippen LogP contribution >= 0.6 is 15.9 Å². The van der Waals surface area contributed by atoms with Gasteiger partial charge in [-0.3, -0.25) is 14.5 Å². The van der Waals surface area contributed by atoms with Crippen LogP contribution in [0.3, 0.4) is 0 Å². The van der Waals surface area contributed by atoms with Crippen molar-refractivity contribution in [3.05, 3.63) is 75.2 Å². The molecular formula is C22H16BrFN2O2. The molecular weight excluding hydrogens is 423 g/mol. The first-order valence-corrected chi connectivity index (χ1v) is 9.83. The molecule has 0 N–H and O–H groups in total. The smallest absolute Gasteiger partial charge is 0.232 e. The largest absolute Gasteiger partial charge is 0.294 e. The molecule has 1 aliphatic heterocycles. The van der Waals surface area contributed by atoms with Crippen LogP contribution in [0.2, 0.25) is 0 Å². The molecule has 2 aromatic carbocycles. The van der Waals surface area contributed by atoms with Crippen molar-refractivity contribution >= 4 is 33.3 Å². The molecule has 0 aromatic heterocycles. The number of hydrogen-bond acceptors (Lipinski definition) is 3. The Bertz CT molecular complexity index is 1050. The number of benzene rings is 2. The van der Waals surface area contributed by atoms with Gasteiger partial charge in [0.1, 0.15) is 5.82 Å². The van der Waals surface area contributed by atoms with E-state index in [-0.39, 0.29) is 18.1 Å². The Labute approximate surface area is 170 Å². The van der Waals surface area contributed by atoms with Gasteiger partial charge < -0.3 is 0 Å². The van der Waals surface area contributed by atoms with E-state index in [0.29, 0.717) is 51.8 Å². The molecule has 0 radical (unpaired) electrons. The number of carbonyl (C=O) groups excluding carboxylic acids is 2. The number of carbonyl (C=O) groups is 2. The van der Waals surface area contributed by atoms with Crippen molar-refractivity contribution < 1.29 is 14.0 Å². The van der Waals surface area contributed by atoms with Crippen molar-refractivity contribution in [2.45, 2.75) is 31.6 Å². The Balaban J connectivity index is 1.87. The van der Waals surface area contributed by atoms with Gasteiger partial charge in [0.25, 0.3) is 0 Å². The number of halogens is 2. The minimum atomic E-state index is -0.581. The van der Waals surface area contributed by atoms with Gasteiger partial charge in [0.05, 0.1) is 11.6 Å². The first kappa shape index (κ1) is 18.6. The maximum atomic E-state index is 14.6. The highest BCUT2D eigenvalue weighted by atomic mass is 79.9. The van der Waals surface area contributed by atoms with Crippen LogP contribution in [0, 0.1) is 17.1 Å². The van der Waals surface area contributed by atoms with Crippen LogP contribution in [-0.2, 0) is 9.59 Å². The highest BCUT2D eigenvalue weighted by Gasteiger charge is 2.40. The van der Waals surface area contributed by atoms with Gasteiger partial charge in [0.2, 0.25) is 5.91 Å². The molecule has 28 heavy (non-hydrogen) atoms. The summed E-state index contributed by atoms with van der Waals surface area (Å²) < 4.78 is 15.3. The van der Waals surface area contributed by atoms with Gasteiger partial charge >= 0.3 is 0 Å². The Hall–Kier alpha value is -2.78. The average Bonchev–Trinajstić information content (AvgIpc) is 2.69. The number of nitriles is 1. The monoisotopic (exact) mass is 438 g/mol. The molecule has 1 atom stereocenters. The van der Waals surface area contributed by atoms with E-state index < -0.39 is 11.7 Å². The zero-order chi connectivity index (χ0) is 19.8. The lowest BCUT2D eigenvalue weighted by Crippen LogP contribution is -2.40. The minimum absolute atomic E-state index is 0.0257. The van der Waals surface area contributed by atoms with Crippen molar-refractivity contribution in [3.8, 4) is 6.07 Å². The lowest BCUT2D eigenvalue weighted by atomic mass is 9.77. The van der Waals surface area contributed by atoms with Crippen molar-refractivity contribution in [1.82, 2.24) is 0 Å². The average molecular weight is 439 g/mol. The maximum absolute atomic E-state index is 14.6. The topological polar surface area (TPSA) is 61.2 Å². The van der Waals surface area contributed by atoms with E-state index in [1.54, 1.807) is 41.3 Å². The first-order chi connectivity index (χ1) is 13.5.